The van der Waals surface area contributed by atoms with Crippen molar-refractivity contribution < 1.29 is 26.7 Å². The average molecular weight is 629 g/mol. The minimum absolute atomic E-state index is 0.121. The van der Waals surface area contributed by atoms with Gasteiger partial charge in [0.25, 0.3) is 6.43 Å². The van der Waals surface area contributed by atoms with E-state index in [0.29, 0.717) is 35.8 Å². The summed E-state index contributed by atoms with van der Waals surface area (Å²) in [6.45, 7) is 2.28. The van der Waals surface area contributed by atoms with Crippen molar-refractivity contribution in [1.82, 2.24) is 24.1 Å². The molecule has 44 heavy (non-hydrogen) atoms. The Morgan fingerprint density at radius 2 is 1.89 bits per heavy atom. The van der Waals surface area contributed by atoms with E-state index in [1.54, 1.807) is 18.2 Å². The molecule has 2 N–H and O–H groups in total. The molecule has 15 heteroatoms. The van der Waals surface area contributed by atoms with Gasteiger partial charge in [0, 0.05) is 44.4 Å². The van der Waals surface area contributed by atoms with E-state index in [1.165, 1.54) is 17.7 Å². The Morgan fingerprint density at radius 1 is 1.11 bits per heavy atom. The summed E-state index contributed by atoms with van der Waals surface area (Å²) >= 11 is 0. The van der Waals surface area contributed by atoms with Crippen molar-refractivity contribution in [2.75, 3.05) is 34.8 Å². The number of fused-ring (bicyclic) bond motifs is 1. The molecule has 0 radical (unpaired) electrons. The predicted molar refractivity (Wildman–Crippen MR) is 163 cm³/mol. The first-order valence-corrected chi connectivity index (χ1v) is 16.2. The number of nitrogens with one attached hydrogen (secondary N) is 2. The largest absolute Gasteiger partial charge is 0.358 e. The summed E-state index contributed by atoms with van der Waals surface area (Å²) in [4.78, 5) is 26.1. The highest BCUT2D eigenvalue weighted by atomic mass is 32.2. The van der Waals surface area contributed by atoms with Crippen LogP contribution in [0.15, 0.2) is 30.5 Å². The molecule has 1 amide bonds. The van der Waals surface area contributed by atoms with Crippen molar-refractivity contribution in [3.63, 3.8) is 0 Å². The lowest BCUT2D eigenvalue weighted by atomic mass is 10.1. The topological polar surface area (TPSA) is 136 Å². The Morgan fingerprint density at radius 3 is 2.50 bits per heavy atom. The van der Waals surface area contributed by atoms with Crippen molar-refractivity contribution in [2.45, 2.75) is 51.7 Å². The molecule has 0 bridgehead atoms. The van der Waals surface area contributed by atoms with E-state index >= 15 is 0 Å². The summed E-state index contributed by atoms with van der Waals surface area (Å²) in [6.07, 6.45) is 2.99. The van der Waals surface area contributed by atoms with Crippen molar-refractivity contribution in [3.8, 4) is 11.4 Å². The normalized spacial score (nSPS) is 17.3. The van der Waals surface area contributed by atoms with E-state index < -0.39 is 28.5 Å². The van der Waals surface area contributed by atoms with E-state index in [1.807, 2.05) is 24.7 Å². The van der Waals surface area contributed by atoms with Crippen LogP contribution in [-0.2, 0) is 26.6 Å². The minimum Gasteiger partial charge on any atom is -0.358 e. The molecule has 0 spiro atoms. The van der Waals surface area contributed by atoms with Crippen LogP contribution in [-0.4, -0.2) is 58.3 Å². The summed E-state index contributed by atoms with van der Waals surface area (Å²) in [5.74, 6) is -0.0233. The van der Waals surface area contributed by atoms with Gasteiger partial charge >= 0.3 is 0 Å². The molecule has 234 valence electrons. The number of amides is 1. The van der Waals surface area contributed by atoms with Crippen LogP contribution in [0.1, 0.15) is 56.3 Å². The van der Waals surface area contributed by atoms with Crippen molar-refractivity contribution >= 4 is 50.0 Å². The highest BCUT2D eigenvalue weighted by molar-refractivity contribution is 7.92. The standard InChI is InChI=1S/C29H34F2N8O4S/c1-16-15-37(2)26(32-16)18-10-11-19(21(13-18)38(3)44(4,41)42)33-20-14-22(35-29(40)17-8-9-17)34-27-24(20)36-28(25(30)31)39(27)23-7-5-6-12-43-23/h10-11,13-15,17,23,25H,5-9,12H2,1-4H3,(H2,33,34,35,40). The lowest BCUT2D eigenvalue weighted by molar-refractivity contribution is -0.117. The lowest BCUT2D eigenvalue weighted by Gasteiger charge is -2.25. The molecule has 12 nitrogen and oxygen atoms in total. The number of anilines is 4. The van der Waals surface area contributed by atoms with E-state index in [2.05, 4.69) is 25.6 Å². The van der Waals surface area contributed by atoms with Crippen molar-refractivity contribution in [3.05, 3.63) is 42.0 Å². The second kappa shape index (κ2) is 11.4. The van der Waals surface area contributed by atoms with Gasteiger partial charge in [-0.2, -0.15) is 0 Å². The van der Waals surface area contributed by atoms with E-state index in [-0.39, 0.29) is 34.5 Å². The number of benzene rings is 1. The van der Waals surface area contributed by atoms with Crippen LogP contribution < -0.4 is 14.9 Å². The van der Waals surface area contributed by atoms with Gasteiger partial charge in [0.1, 0.15) is 23.4 Å². The molecule has 4 aromatic rings. The zero-order valence-corrected chi connectivity index (χ0v) is 25.7. The quantitative estimate of drug-likeness (QED) is 0.256. The number of nitrogens with zero attached hydrogens (tertiary/aromatic N) is 6. The molecule has 3 aromatic heterocycles. The first-order valence-electron chi connectivity index (χ1n) is 14.4. The fraction of sp³-hybridized carbons (Fsp3) is 0.448. The molecular formula is C29H34F2N8O4S. The van der Waals surface area contributed by atoms with E-state index in [0.717, 1.165) is 41.9 Å². The zero-order chi connectivity index (χ0) is 31.3. The summed E-state index contributed by atoms with van der Waals surface area (Å²) in [7, 11) is -0.437. The molecule has 1 aromatic carbocycles. The number of aromatic nitrogens is 5. The fourth-order valence-corrected chi connectivity index (χ4v) is 5.93. The number of sulfonamides is 1. The number of carbonyl (C=O) groups excluding carboxylic acids is 1. The molecule has 4 heterocycles. The smallest absolute Gasteiger partial charge is 0.295 e. The Balaban J connectivity index is 1.51. The van der Waals surface area contributed by atoms with E-state index in [9.17, 15) is 22.0 Å². The number of pyridine rings is 1. The Labute approximate surface area is 253 Å². The van der Waals surface area contributed by atoms with Gasteiger partial charge in [-0.05, 0) is 57.2 Å². The van der Waals surface area contributed by atoms with Crippen LogP contribution in [0.25, 0.3) is 22.6 Å². The van der Waals surface area contributed by atoms with Gasteiger partial charge in [0.15, 0.2) is 11.5 Å². The molecule has 1 unspecified atom stereocenters. The highest BCUT2D eigenvalue weighted by Crippen LogP contribution is 2.39. The first-order chi connectivity index (χ1) is 20.9. The third kappa shape index (κ3) is 5.85. The second-order valence-corrected chi connectivity index (χ2v) is 13.4. The molecule has 1 saturated carbocycles. The second-order valence-electron chi connectivity index (χ2n) is 11.4. The summed E-state index contributed by atoms with van der Waals surface area (Å²) in [5, 5.41) is 6.04. The van der Waals surface area contributed by atoms with Crippen LogP contribution in [0.4, 0.5) is 31.7 Å². The number of hydrogen-bond donors (Lipinski definition) is 2. The Kier molecular flexibility index (Phi) is 7.78. The Bertz CT molecular complexity index is 1850. The first kappa shape index (κ1) is 29.9. The van der Waals surface area contributed by atoms with Gasteiger partial charge in [-0.25, -0.2) is 32.2 Å². The SMILES string of the molecule is Cc1cn(C)c(-c2ccc(Nc3cc(NC(=O)C4CC4)nc4c3nc(C(F)F)n4C3CCCCO3)c(N(C)S(C)(=O)=O)c2)n1. The maximum Gasteiger partial charge on any atom is 0.295 e. The molecule has 2 aliphatic rings. The summed E-state index contributed by atoms with van der Waals surface area (Å²) in [5.41, 5.74) is 2.66. The molecule has 1 saturated heterocycles. The zero-order valence-electron chi connectivity index (χ0n) is 24.8. The lowest BCUT2D eigenvalue weighted by Crippen LogP contribution is -2.25. The van der Waals surface area contributed by atoms with Crippen LogP contribution in [0, 0.1) is 12.8 Å². The third-order valence-corrected chi connectivity index (χ3v) is 9.06. The van der Waals surface area contributed by atoms with Crippen LogP contribution >= 0.6 is 0 Å². The highest BCUT2D eigenvalue weighted by Gasteiger charge is 2.32. The van der Waals surface area contributed by atoms with Gasteiger partial charge in [-0.3, -0.25) is 13.7 Å². The van der Waals surface area contributed by atoms with Gasteiger partial charge in [0.2, 0.25) is 15.9 Å². The Hall–Kier alpha value is -4.11. The fourth-order valence-electron chi connectivity index (χ4n) is 5.42. The third-order valence-electron chi connectivity index (χ3n) is 7.87. The minimum atomic E-state index is -3.71. The number of aryl methyl sites for hydroxylation is 2. The number of ether oxygens (including phenoxy) is 1. The molecule has 1 aliphatic carbocycles. The van der Waals surface area contributed by atoms with Crippen LogP contribution in [0.3, 0.4) is 0 Å². The van der Waals surface area contributed by atoms with E-state index in [4.69, 9.17) is 4.74 Å². The number of carbonyl (C=O) groups is 1. The monoisotopic (exact) mass is 628 g/mol. The number of imidazole rings is 2. The van der Waals surface area contributed by atoms with Crippen LogP contribution in [0.2, 0.25) is 0 Å². The summed E-state index contributed by atoms with van der Waals surface area (Å²) < 4.78 is 64.4. The molecule has 6 rings (SSSR count). The maximum absolute atomic E-state index is 14.4. The predicted octanol–water partition coefficient (Wildman–Crippen LogP) is 5.26. The summed E-state index contributed by atoms with van der Waals surface area (Å²) in [6, 6.07) is 6.70. The number of alkyl halides is 2. The number of rotatable bonds is 9. The average Bonchev–Trinajstić information content (AvgIpc) is 3.67. The number of halogens is 2. The molecular weight excluding hydrogens is 594 g/mol. The molecule has 2 fully saturated rings. The number of hydrogen-bond acceptors (Lipinski definition) is 8. The maximum atomic E-state index is 14.4. The molecule has 1 atom stereocenters. The van der Waals surface area contributed by atoms with Gasteiger partial charge in [-0.15, -0.1) is 0 Å². The molecule has 1 aliphatic heterocycles. The van der Waals surface area contributed by atoms with Gasteiger partial charge in [-0.1, -0.05) is 0 Å². The van der Waals surface area contributed by atoms with Crippen molar-refractivity contribution in [2.24, 2.45) is 13.0 Å². The van der Waals surface area contributed by atoms with Crippen molar-refractivity contribution in [1.29, 1.82) is 0 Å². The van der Waals surface area contributed by atoms with Gasteiger partial charge < -0.3 is 19.9 Å². The van der Waals surface area contributed by atoms with Crippen LogP contribution in [0.5, 0.6) is 0 Å². The van der Waals surface area contributed by atoms with Gasteiger partial charge in [0.05, 0.1) is 29.0 Å².